The van der Waals surface area contributed by atoms with Gasteiger partial charge in [-0.15, -0.1) is 0 Å². The highest BCUT2D eigenvalue weighted by Gasteiger charge is 2.17. The number of aliphatic hydroxyl groups is 1. The maximum atomic E-state index is 9.59. The minimum absolute atomic E-state index is 0.102. The standard InChI is InChI=1S/C9H20O/c1-5-7(3)9(10)8(4)6-2/h7-10H,5-6H2,1-4H3. The SMILES string of the molecule is CCC(C)C(O)C(C)CC. The molecule has 0 saturated carbocycles. The van der Waals surface area contributed by atoms with E-state index >= 15 is 0 Å². The van der Waals surface area contributed by atoms with Crippen molar-refractivity contribution >= 4 is 0 Å². The summed E-state index contributed by atoms with van der Waals surface area (Å²) in [6.45, 7) is 8.46. The summed E-state index contributed by atoms with van der Waals surface area (Å²) in [7, 11) is 0. The second-order valence-electron chi connectivity index (χ2n) is 3.26. The average molecular weight is 144 g/mol. The molecule has 0 aliphatic rings. The van der Waals surface area contributed by atoms with Gasteiger partial charge in [-0.05, 0) is 11.8 Å². The molecule has 0 bridgehead atoms. The van der Waals surface area contributed by atoms with E-state index < -0.39 is 0 Å². The first-order valence-corrected chi connectivity index (χ1v) is 4.31. The van der Waals surface area contributed by atoms with Crippen LogP contribution in [-0.2, 0) is 0 Å². The van der Waals surface area contributed by atoms with Crippen molar-refractivity contribution in [2.24, 2.45) is 11.8 Å². The maximum absolute atomic E-state index is 9.59. The number of aliphatic hydroxyl groups excluding tert-OH is 1. The fourth-order valence-corrected chi connectivity index (χ4v) is 1.04. The van der Waals surface area contributed by atoms with Gasteiger partial charge in [0.05, 0.1) is 6.10 Å². The number of rotatable bonds is 4. The van der Waals surface area contributed by atoms with E-state index in [4.69, 9.17) is 0 Å². The van der Waals surface area contributed by atoms with E-state index in [1.54, 1.807) is 0 Å². The molecule has 0 fully saturated rings. The van der Waals surface area contributed by atoms with Gasteiger partial charge in [-0.2, -0.15) is 0 Å². The van der Waals surface area contributed by atoms with Crippen LogP contribution < -0.4 is 0 Å². The second kappa shape index (κ2) is 4.73. The quantitative estimate of drug-likeness (QED) is 0.642. The lowest BCUT2D eigenvalue weighted by atomic mass is 9.90. The van der Waals surface area contributed by atoms with Crippen LogP contribution in [0.1, 0.15) is 40.5 Å². The van der Waals surface area contributed by atoms with Crippen molar-refractivity contribution in [3.8, 4) is 0 Å². The first-order chi connectivity index (χ1) is 4.63. The lowest BCUT2D eigenvalue weighted by Crippen LogP contribution is -2.24. The smallest absolute Gasteiger partial charge is 0.0591 e. The average Bonchev–Trinajstić information content (AvgIpc) is 2.00. The predicted molar refractivity (Wildman–Crippen MR) is 44.9 cm³/mol. The molecule has 0 saturated heterocycles. The van der Waals surface area contributed by atoms with E-state index in [0.29, 0.717) is 11.8 Å². The molecule has 2 unspecified atom stereocenters. The van der Waals surface area contributed by atoms with Gasteiger partial charge >= 0.3 is 0 Å². The van der Waals surface area contributed by atoms with Crippen LogP contribution in [0.2, 0.25) is 0 Å². The molecular weight excluding hydrogens is 124 g/mol. The highest BCUT2D eigenvalue weighted by molar-refractivity contribution is 4.68. The fourth-order valence-electron chi connectivity index (χ4n) is 1.04. The largest absolute Gasteiger partial charge is 0.393 e. The molecular formula is C9H20O. The summed E-state index contributed by atoms with van der Waals surface area (Å²) in [6, 6.07) is 0. The maximum Gasteiger partial charge on any atom is 0.0591 e. The lowest BCUT2D eigenvalue weighted by molar-refractivity contribution is 0.0616. The van der Waals surface area contributed by atoms with Crippen molar-refractivity contribution in [3.63, 3.8) is 0 Å². The lowest BCUT2D eigenvalue weighted by Gasteiger charge is -2.22. The number of hydrogen-bond acceptors (Lipinski definition) is 1. The van der Waals surface area contributed by atoms with Crippen LogP contribution in [0.25, 0.3) is 0 Å². The third-order valence-electron chi connectivity index (χ3n) is 2.45. The zero-order chi connectivity index (χ0) is 8.15. The fraction of sp³-hybridized carbons (Fsp3) is 1.00. The molecule has 0 aromatic heterocycles. The van der Waals surface area contributed by atoms with Gasteiger partial charge < -0.3 is 5.11 Å². The van der Waals surface area contributed by atoms with E-state index in [2.05, 4.69) is 27.7 Å². The van der Waals surface area contributed by atoms with E-state index in [9.17, 15) is 5.11 Å². The van der Waals surface area contributed by atoms with Crippen LogP contribution in [0.3, 0.4) is 0 Å². The molecule has 1 N–H and O–H groups in total. The van der Waals surface area contributed by atoms with Crippen molar-refractivity contribution in [3.05, 3.63) is 0 Å². The van der Waals surface area contributed by atoms with Crippen LogP contribution in [0.4, 0.5) is 0 Å². The van der Waals surface area contributed by atoms with Gasteiger partial charge in [-0.25, -0.2) is 0 Å². The molecule has 0 aromatic carbocycles. The molecule has 0 aliphatic heterocycles. The Bertz CT molecular complexity index is 70.8. The summed E-state index contributed by atoms with van der Waals surface area (Å²) in [5, 5.41) is 9.59. The molecule has 1 heteroatoms. The molecule has 0 aliphatic carbocycles. The molecule has 0 radical (unpaired) electrons. The van der Waals surface area contributed by atoms with Crippen molar-refractivity contribution in [1.82, 2.24) is 0 Å². The molecule has 2 atom stereocenters. The third kappa shape index (κ3) is 2.70. The van der Waals surface area contributed by atoms with Gasteiger partial charge in [-0.1, -0.05) is 40.5 Å². The Kier molecular flexibility index (Phi) is 4.71. The van der Waals surface area contributed by atoms with Crippen molar-refractivity contribution in [2.75, 3.05) is 0 Å². The molecule has 0 spiro atoms. The Morgan fingerprint density at radius 2 is 1.30 bits per heavy atom. The van der Waals surface area contributed by atoms with Crippen LogP contribution in [0.5, 0.6) is 0 Å². The minimum atomic E-state index is -0.102. The van der Waals surface area contributed by atoms with Crippen LogP contribution in [0, 0.1) is 11.8 Å². The van der Waals surface area contributed by atoms with E-state index in [0.717, 1.165) is 12.8 Å². The summed E-state index contributed by atoms with van der Waals surface area (Å²) >= 11 is 0. The van der Waals surface area contributed by atoms with Gasteiger partial charge in [0.2, 0.25) is 0 Å². The molecule has 0 rings (SSSR count). The monoisotopic (exact) mass is 144 g/mol. The van der Waals surface area contributed by atoms with Crippen molar-refractivity contribution < 1.29 is 5.11 Å². The summed E-state index contributed by atoms with van der Waals surface area (Å²) < 4.78 is 0. The first kappa shape index (κ1) is 9.96. The summed E-state index contributed by atoms with van der Waals surface area (Å²) in [6.07, 6.45) is 2.05. The Balaban J connectivity index is 3.69. The predicted octanol–water partition coefficient (Wildman–Crippen LogP) is 2.44. The van der Waals surface area contributed by atoms with Gasteiger partial charge in [0, 0.05) is 0 Å². The first-order valence-electron chi connectivity index (χ1n) is 4.31. The summed E-state index contributed by atoms with van der Waals surface area (Å²) in [5.41, 5.74) is 0. The summed E-state index contributed by atoms with van der Waals surface area (Å²) in [5.74, 6) is 0.907. The minimum Gasteiger partial charge on any atom is -0.393 e. The molecule has 62 valence electrons. The third-order valence-corrected chi connectivity index (χ3v) is 2.45. The molecule has 0 amide bonds. The Morgan fingerprint density at radius 3 is 1.50 bits per heavy atom. The van der Waals surface area contributed by atoms with Crippen LogP contribution in [-0.4, -0.2) is 11.2 Å². The zero-order valence-electron chi connectivity index (χ0n) is 7.59. The van der Waals surface area contributed by atoms with Gasteiger partial charge in [0.25, 0.3) is 0 Å². The van der Waals surface area contributed by atoms with E-state index in [1.807, 2.05) is 0 Å². The normalized spacial score (nSPS) is 20.1. The second-order valence-corrected chi connectivity index (χ2v) is 3.26. The molecule has 0 heterocycles. The Labute approximate surface area is 64.5 Å². The van der Waals surface area contributed by atoms with Crippen LogP contribution >= 0.6 is 0 Å². The van der Waals surface area contributed by atoms with Gasteiger partial charge in [-0.3, -0.25) is 0 Å². The Hall–Kier alpha value is -0.0400. The van der Waals surface area contributed by atoms with Crippen molar-refractivity contribution in [1.29, 1.82) is 0 Å². The van der Waals surface area contributed by atoms with Gasteiger partial charge in [0.15, 0.2) is 0 Å². The molecule has 1 nitrogen and oxygen atoms in total. The molecule has 0 aromatic rings. The van der Waals surface area contributed by atoms with Crippen LogP contribution in [0.15, 0.2) is 0 Å². The topological polar surface area (TPSA) is 20.2 Å². The Morgan fingerprint density at radius 1 is 1.00 bits per heavy atom. The highest BCUT2D eigenvalue weighted by atomic mass is 16.3. The molecule has 10 heavy (non-hydrogen) atoms. The van der Waals surface area contributed by atoms with Gasteiger partial charge in [0.1, 0.15) is 0 Å². The van der Waals surface area contributed by atoms with E-state index in [1.165, 1.54) is 0 Å². The van der Waals surface area contributed by atoms with E-state index in [-0.39, 0.29) is 6.10 Å². The number of hydrogen-bond donors (Lipinski definition) is 1. The zero-order valence-corrected chi connectivity index (χ0v) is 7.59. The highest BCUT2D eigenvalue weighted by Crippen LogP contribution is 2.17. The van der Waals surface area contributed by atoms with Crippen molar-refractivity contribution in [2.45, 2.75) is 46.6 Å². The summed E-state index contributed by atoms with van der Waals surface area (Å²) in [4.78, 5) is 0.